The molecule has 26 heavy (non-hydrogen) atoms. The fraction of sp³-hybridized carbons (Fsp3) is 0.190. The molecular weight excluding hydrogens is 343 g/mol. The highest BCUT2D eigenvalue weighted by Gasteiger charge is 2.46. The van der Waals surface area contributed by atoms with Gasteiger partial charge in [0.1, 0.15) is 5.75 Å². The molecule has 1 saturated heterocycles. The van der Waals surface area contributed by atoms with E-state index in [2.05, 4.69) is 12.4 Å². The molecule has 0 aliphatic carbocycles. The summed E-state index contributed by atoms with van der Waals surface area (Å²) in [5.74, 6) is 2.68. The van der Waals surface area contributed by atoms with Crippen LogP contribution in [0.4, 0.5) is 5.69 Å². The molecule has 2 aromatic carbocycles. The van der Waals surface area contributed by atoms with Gasteiger partial charge in [-0.3, -0.25) is 4.79 Å². The Morgan fingerprint density at radius 1 is 1.31 bits per heavy atom. The quantitative estimate of drug-likeness (QED) is 0.576. The molecule has 4 nitrogen and oxygen atoms in total. The lowest BCUT2D eigenvalue weighted by atomic mass is 9.81. The van der Waals surface area contributed by atoms with Crippen molar-refractivity contribution in [3.8, 4) is 11.8 Å². The summed E-state index contributed by atoms with van der Waals surface area (Å²) < 4.78 is 5.19. The summed E-state index contributed by atoms with van der Waals surface area (Å²) in [6, 6.07) is 17.1. The number of ether oxygens (including phenoxy) is 1. The molecule has 5 heteroatoms. The van der Waals surface area contributed by atoms with E-state index >= 15 is 0 Å². The topological polar surface area (TPSA) is 53.3 Å². The average Bonchev–Trinajstić information content (AvgIpc) is 2.69. The van der Waals surface area contributed by atoms with Crippen LogP contribution in [-0.4, -0.2) is 25.4 Å². The van der Waals surface area contributed by atoms with Gasteiger partial charge in [0.05, 0.1) is 30.7 Å². The smallest absolute Gasteiger partial charge is 0.233 e. The van der Waals surface area contributed by atoms with Crippen molar-refractivity contribution in [3.63, 3.8) is 0 Å². The second-order valence-corrected chi connectivity index (χ2v) is 6.71. The number of benzene rings is 2. The van der Waals surface area contributed by atoms with Crippen LogP contribution in [0, 0.1) is 17.2 Å². The number of nitriles is 1. The van der Waals surface area contributed by atoms with Crippen LogP contribution in [0.3, 0.4) is 0 Å². The standard InChI is InChI=1S/C21H19N2O2P/c1-25-18-8-6-17(7-9-18)23-20(10-11-26-2)19(21(23)24)13-15-4-3-5-16(12-15)14-22/h3-12,19-20H,2,13H2,1H3/b11-10+/t19-,20?/m1/s1. The Kier molecular flexibility index (Phi) is 5.51. The van der Waals surface area contributed by atoms with Gasteiger partial charge in [0.15, 0.2) is 0 Å². The number of methoxy groups -OCH3 is 1. The van der Waals surface area contributed by atoms with E-state index in [1.165, 1.54) is 0 Å². The molecule has 0 spiro atoms. The van der Waals surface area contributed by atoms with Gasteiger partial charge in [-0.2, -0.15) is 5.26 Å². The predicted molar refractivity (Wildman–Crippen MR) is 106 cm³/mol. The van der Waals surface area contributed by atoms with Gasteiger partial charge in [-0.1, -0.05) is 32.7 Å². The molecular formula is C21H19N2O2P. The summed E-state index contributed by atoms with van der Waals surface area (Å²) in [6.45, 7) is 0. The van der Waals surface area contributed by atoms with E-state index in [-0.39, 0.29) is 17.9 Å². The molecule has 1 amide bonds. The first-order chi connectivity index (χ1) is 12.7. The Hall–Kier alpha value is -2.89. The maximum atomic E-state index is 12.8. The number of carbonyl (C=O) groups is 1. The van der Waals surface area contributed by atoms with Crippen LogP contribution in [0.1, 0.15) is 11.1 Å². The molecule has 0 saturated carbocycles. The average molecular weight is 362 g/mol. The van der Waals surface area contributed by atoms with E-state index in [0.29, 0.717) is 12.0 Å². The van der Waals surface area contributed by atoms with Crippen LogP contribution in [0.2, 0.25) is 0 Å². The molecule has 1 aliphatic heterocycles. The Labute approximate surface area is 155 Å². The van der Waals surface area contributed by atoms with E-state index < -0.39 is 0 Å². The van der Waals surface area contributed by atoms with E-state index in [4.69, 9.17) is 10.00 Å². The molecule has 2 aromatic rings. The lowest BCUT2D eigenvalue weighted by Crippen LogP contribution is -2.61. The van der Waals surface area contributed by atoms with Gasteiger partial charge >= 0.3 is 0 Å². The Morgan fingerprint density at radius 2 is 2.08 bits per heavy atom. The minimum absolute atomic E-state index is 0.0177. The minimum atomic E-state index is -0.135. The molecule has 2 atom stereocenters. The highest BCUT2D eigenvalue weighted by molar-refractivity contribution is 7.40. The van der Waals surface area contributed by atoms with Crippen molar-refractivity contribution in [1.29, 1.82) is 5.26 Å². The molecule has 3 rings (SSSR count). The Bertz CT molecular complexity index is 884. The van der Waals surface area contributed by atoms with Gasteiger partial charge in [-0.15, -0.1) is 0 Å². The molecule has 1 aliphatic rings. The molecule has 0 bridgehead atoms. The Balaban J connectivity index is 1.84. The van der Waals surface area contributed by atoms with E-state index in [1.807, 2.05) is 54.4 Å². The third kappa shape index (κ3) is 3.54. The highest BCUT2D eigenvalue weighted by atomic mass is 31.1. The molecule has 0 radical (unpaired) electrons. The van der Waals surface area contributed by atoms with E-state index in [9.17, 15) is 4.79 Å². The number of carbonyl (C=O) groups excluding carboxylic acids is 1. The minimum Gasteiger partial charge on any atom is -0.497 e. The van der Waals surface area contributed by atoms with Gasteiger partial charge in [-0.25, -0.2) is 0 Å². The summed E-state index contributed by atoms with van der Waals surface area (Å²) in [6.07, 6.45) is 6.47. The fourth-order valence-electron chi connectivity index (χ4n) is 3.21. The number of hydrogen-bond donors (Lipinski definition) is 0. The van der Waals surface area contributed by atoms with Crippen molar-refractivity contribution in [2.45, 2.75) is 12.5 Å². The van der Waals surface area contributed by atoms with Crippen LogP contribution in [-0.2, 0) is 11.2 Å². The van der Waals surface area contributed by atoms with Crippen molar-refractivity contribution < 1.29 is 9.53 Å². The van der Waals surface area contributed by atoms with Crippen molar-refractivity contribution in [2.75, 3.05) is 12.0 Å². The van der Waals surface area contributed by atoms with Crippen molar-refractivity contribution in [2.24, 2.45) is 5.92 Å². The van der Waals surface area contributed by atoms with Crippen molar-refractivity contribution >= 4 is 26.1 Å². The molecule has 1 heterocycles. The molecule has 1 fully saturated rings. The second kappa shape index (κ2) is 7.99. The third-order valence-corrected chi connectivity index (χ3v) is 4.90. The highest BCUT2D eigenvalue weighted by Crippen LogP contribution is 2.36. The van der Waals surface area contributed by atoms with Crippen LogP contribution in [0.25, 0.3) is 0 Å². The summed E-state index contributed by atoms with van der Waals surface area (Å²) in [4.78, 5) is 14.6. The fourth-order valence-corrected chi connectivity index (χ4v) is 3.51. The number of hydrogen-bond acceptors (Lipinski definition) is 3. The maximum absolute atomic E-state index is 12.8. The van der Waals surface area contributed by atoms with Gasteiger partial charge in [0, 0.05) is 5.69 Å². The van der Waals surface area contributed by atoms with Crippen molar-refractivity contribution in [1.82, 2.24) is 0 Å². The number of β-lactam (4-membered cyclic amide) rings is 1. The number of anilines is 1. The first-order valence-electron chi connectivity index (χ1n) is 8.26. The first kappa shape index (κ1) is 17.9. The third-order valence-electron chi connectivity index (χ3n) is 4.52. The summed E-state index contributed by atoms with van der Waals surface area (Å²) in [5.41, 5.74) is 2.47. The first-order valence-corrected chi connectivity index (χ1v) is 9.41. The number of rotatable bonds is 6. The molecule has 0 N–H and O–H groups in total. The zero-order valence-corrected chi connectivity index (χ0v) is 15.4. The van der Waals surface area contributed by atoms with Crippen molar-refractivity contribution in [3.05, 3.63) is 71.6 Å². The second-order valence-electron chi connectivity index (χ2n) is 6.04. The number of amides is 1. The summed E-state index contributed by atoms with van der Waals surface area (Å²) in [5, 5.41) is 9.07. The van der Waals surface area contributed by atoms with E-state index in [1.54, 1.807) is 18.1 Å². The summed E-state index contributed by atoms with van der Waals surface area (Å²) in [7, 11) is 2.53. The van der Waals surface area contributed by atoms with E-state index in [0.717, 1.165) is 25.2 Å². The largest absolute Gasteiger partial charge is 0.497 e. The predicted octanol–water partition coefficient (Wildman–Crippen LogP) is 4.03. The van der Waals surface area contributed by atoms with Gasteiger partial charge in [-0.05, 0) is 54.2 Å². The number of nitrogens with zero attached hydrogens (tertiary/aromatic N) is 2. The van der Waals surface area contributed by atoms with Gasteiger partial charge in [0.2, 0.25) is 5.91 Å². The molecule has 0 aromatic heterocycles. The van der Waals surface area contributed by atoms with Gasteiger partial charge < -0.3 is 9.64 Å². The molecule has 130 valence electrons. The zero-order valence-electron chi connectivity index (χ0n) is 14.5. The summed E-state index contributed by atoms with van der Waals surface area (Å²) >= 11 is 0. The molecule has 1 unspecified atom stereocenters. The normalized spacial score (nSPS) is 19.4. The zero-order chi connectivity index (χ0) is 18.5. The Morgan fingerprint density at radius 3 is 2.73 bits per heavy atom. The monoisotopic (exact) mass is 362 g/mol. The lowest BCUT2D eigenvalue weighted by molar-refractivity contribution is -0.128. The van der Waals surface area contributed by atoms with Crippen LogP contribution < -0.4 is 9.64 Å². The van der Waals surface area contributed by atoms with Crippen LogP contribution in [0.15, 0.2) is 60.4 Å². The SMILES string of the molecule is C=P/C=C/C1[C@@H](Cc2cccc(C#N)c2)C(=O)N1c1ccc(OC)cc1. The van der Waals surface area contributed by atoms with Gasteiger partial charge in [0.25, 0.3) is 0 Å². The lowest BCUT2D eigenvalue weighted by Gasteiger charge is -2.46. The maximum Gasteiger partial charge on any atom is 0.233 e. The van der Waals surface area contributed by atoms with Crippen LogP contribution in [0.5, 0.6) is 5.75 Å². The van der Waals surface area contributed by atoms with Crippen LogP contribution >= 0.6 is 8.20 Å².